The number of rotatable bonds is 11. The fourth-order valence-corrected chi connectivity index (χ4v) is 3.76. The summed E-state index contributed by atoms with van der Waals surface area (Å²) in [5.41, 5.74) is -0.393. The molecule has 162 valence electrons. The number of ether oxygens (including phenoxy) is 1. The maximum absolute atomic E-state index is 14.3. The van der Waals surface area contributed by atoms with Crippen LogP contribution in [0.5, 0.6) is 0 Å². The fourth-order valence-electron chi connectivity index (χ4n) is 3.76. The van der Waals surface area contributed by atoms with Crippen molar-refractivity contribution in [3.05, 3.63) is 34.9 Å². The SMILES string of the molecule is CCCCCCCCCCOC(=O)C1CCCN1C(=O)c1c(F)ccc(C)c1F. The smallest absolute Gasteiger partial charge is 0.328 e. The average Bonchev–Trinajstić information content (AvgIpc) is 3.19. The van der Waals surface area contributed by atoms with Crippen molar-refractivity contribution in [3.63, 3.8) is 0 Å². The van der Waals surface area contributed by atoms with E-state index < -0.39 is 35.1 Å². The van der Waals surface area contributed by atoms with Crippen LogP contribution in [0.4, 0.5) is 8.78 Å². The first-order valence-corrected chi connectivity index (χ1v) is 10.9. The highest BCUT2D eigenvalue weighted by molar-refractivity contribution is 5.97. The number of likely N-dealkylation sites (tertiary alicyclic amines) is 1. The molecule has 1 aliphatic heterocycles. The monoisotopic (exact) mass is 409 g/mol. The van der Waals surface area contributed by atoms with Gasteiger partial charge in [-0.1, -0.05) is 57.9 Å². The van der Waals surface area contributed by atoms with Crippen LogP contribution in [0.25, 0.3) is 0 Å². The molecule has 1 aromatic carbocycles. The molecule has 0 radical (unpaired) electrons. The highest BCUT2D eigenvalue weighted by atomic mass is 19.1. The third-order valence-electron chi connectivity index (χ3n) is 5.53. The third kappa shape index (κ3) is 6.51. The number of unbranched alkanes of at least 4 members (excludes halogenated alkanes) is 7. The molecular weight excluding hydrogens is 376 g/mol. The fraction of sp³-hybridized carbons (Fsp3) is 0.652. The number of amides is 1. The maximum Gasteiger partial charge on any atom is 0.328 e. The number of carbonyl (C=O) groups is 2. The zero-order chi connectivity index (χ0) is 21.2. The van der Waals surface area contributed by atoms with Gasteiger partial charge in [-0.05, 0) is 37.8 Å². The summed E-state index contributed by atoms with van der Waals surface area (Å²) in [7, 11) is 0. The minimum atomic E-state index is -0.906. The first-order valence-electron chi connectivity index (χ1n) is 10.9. The van der Waals surface area contributed by atoms with E-state index in [4.69, 9.17) is 4.74 Å². The van der Waals surface area contributed by atoms with Crippen molar-refractivity contribution in [2.45, 2.75) is 84.1 Å². The zero-order valence-electron chi connectivity index (χ0n) is 17.6. The summed E-state index contributed by atoms with van der Waals surface area (Å²) in [4.78, 5) is 26.4. The van der Waals surface area contributed by atoms with Crippen LogP contribution in [0.1, 0.15) is 87.1 Å². The van der Waals surface area contributed by atoms with Gasteiger partial charge in [-0.2, -0.15) is 0 Å². The first kappa shape index (κ1) is 23.3. The predicted molar refractivity (Wildman–Crippen MR) is 109 cm³/mol. The Kier molecular flexibility index (Phi) is 9.55. The van der Waals surface area contributed by atoms with Crippen molar-refractivity contribution in [1.82, 2.24) is 4.90 Å². The van der Waals surface area contributed by atoms with Crippen LogP contribution >= 0.6 is 0 Å². The topological polar surface area (TPSA) is 46.6 Å². The summed E-state index contributed by atoms with van der Waals surface area (Å²) >= 11 is 0. The van der Waals surface area contributed by atoms with Gasteiger partial charge < -0.3 is 9.64 Å². The van der Waals surface area contributed by atoms with Crippen molar-refractivity contribution < 1.29 is 23.1 Å². The lowest BCUT2D eigenvalue weighted by Gasteiger charge is -2.24. The van der Waals surface area contributed by atoms with Crippen molar-refractivity contribution in [2.24, 2.45) is 0 Å². The molecule has 0 saturated carbocycles. The first-order chi connectivity index (χ1) is 14.0. The molecule has 1 atom stereocenters. The molecule has 1 fully saturated rings. The molecule has 1 unspecified atom stereocenters. The van der Waals surface area contributed by atoms with Gasteiger partial charge in [-0.15, -0.1) is 0 Å². The van der Waals surface area contributed by atoms with Crippen molar-refractivity contribution in [3.8, 4) is 0 Å². The largest absolute Gasteiger partial charge is 0.464 e. The lowest BCUT2D eigenvalue weighted by atomic mass is 10.1. The number of hydrogen-bond donors (Lipinski definition) is 0. The van der Waals surface area contributed by atoms with E-state index in [0.717, 1.165) is 25.3 Å². The molecule has 1 saturated heterocycles. The Bertz CT molecular complexity index is 693. The molecule has 0 spiro atoms. The molecule has 4 nitrogen and oxygen atoms in total. The number of carbonyl (C=O) groups excluding carboxylic acids is 2. The van der Waals surface area contributed by atoms with Crippen LogP contribution in [0.3, 0.4) is 0 Å². The highest BCUT2D eigenvalue weighted by Crippen LogP contribution is 2.25. The molecular formula is C23H33F2NO3. The van der Waals surface area contributed by atoms with Gasteiger partial charge in [-0.25, -0.2) is 13.6 Å². The standard InChI is InChI=1S/C23H33F2NO3/c1-3-4-5-6-7-8-9-10-16-29-23(28)19-12-11-15-26(19)22(27)20-18(24)14-13-17(2)21(20)25/h13-14,19H,3-12,15-16H2,1-2H3. The predicted octanol–water partition coefficient (Wildman–Crippen LogP) is 5.56. The molecule has 0 aromatic heterocycles. The Labute approximate surface area is 172 Å². The van der Waals surface area contributed by atoms with Crippen LogP contribution in [0, 0.1) is 18.6 Å². The highest BCUT2D eigenvalue weighted by Gasteiger charge is 2.37. The molecule has 29 heavy (non-hydrogen) atoms. The van der Waals surface area contributed by atoms with Gasteiger partial charge >= 0.3 is 5.97 Å². The van der Waals surface area contributed by atoms with Crippen LogP contribution < -0.4 is 0 Å². The Morgan fingerprint density at radius 2 is 1.72 bits per heavy atom. The summed E-state index contributed by atoms with van der Waals surface area (Å²) < 4.78 is 33.7. The molecule has 0 aliphatic carbocycles. The third-order valence-corrected chi connectivity index (χ3v) is 5.53. The van der Waals surface area contributed by atoms with Crippen molar-refractivity contribution >= 4 is 11.9 Å². The molecule has 1 amide bonds. The molecule has 1 aliphatic rings. The number of benzene rings is 1. The van der Waals surface area contributed by atoms with E-state index in [2.05, 4.69) is 6.92 Å². The number of halogens is 2. The zero-order valence-corrected chi connectivity index (χ0v) is 17.6. The van der Waals surface area contributed by atoms with E-state index in [1.165, 1.54) is 50.0 Å². The second-order valence-corrected chi connectivity index (χ2v) is 7.85. The van der Waals surface area contributed by atoms with E-state index in [0.29, 0.717) is 26.0 Å². The number of aryl methyl sites for hydroxylation is 1. The van der Waals surface area contributed by atoms with Gasteiger partial charge in [0.2, 0.25) is 0 Å². The molecule has 1 heterocycles. The molecule has 0 bridgehead atoms. The van der Waals surface area contributed by atoms with Crippen LogP contribution in [0.15, 0.2) is 12.1 Å². The molecule has 2 rings (SSSR count). The average molecular weight is 410 g/mol. The number of esters is 1. The van der Waals surface area contributed by atoms with Gasteiger partial charge in [0.1, 0.15) is 23.2 Å². The van der Waals surface area contributed by atoms with E-state index in [-0.39, 0.29) is 5.56 Å². The van der Waals surface area contributed by atoms with Gasteiger partial charge in [0.15, 0.2) is 0 Å². The van der Waals surface area contributed by atoms with Gasteiger partial charge in [-0.3, -0.25) is 4.79 Å². The lowest BCUT2D eigenvalue weighted by Crippen LogP contribution is -2.42. The Morgan fingerprint density at radius 1 is 1.07 bits per heavy atom. The van der Waals surface area contributed by atoms with Gasteiger partial charge in [0, 0.05) is 6.54 Å². The summed E-state index contributed by atoms with van der Waals surface area (Å²) in [6, 6.07) is 1.61. The summed E-state index contributed by atoms with van der Waals surface area (Å²) in [6.07, 6.45) is 10.2. The van der Waals surface area contributed by atoms with Crippen molar-refractivity contribution in [2.75, 3.05) is 13.2 Å². The van der Waals surface area contributed by atoms with E-state index in [9.17, 15) is 18.4 Å². The Balaban J connectivity index is 1.81. The summed E-state index contributed by atoms with van der Waals surface area (Å²) in [5, 5.41) is 0. The van der Waals surface area contributed by atoms with Crippen LogP contribution in [-0.4, -0.2) is 36.0 Å². The lowest BCUT2D eigenvalue weighted by molar-refractivity contribution is -0.148. The second kappa shape index (κ2) is 11.9. The van der Waals surface area contributed by atoms with E-state index in [1.54, 1.807) is 0 Å². The quantitative estimate of drug-likeness (QED) is 0.355. The van der Waals surface area contributed by atoms with Gasteiger partial charge in [0.05, 0.1) is 6.61 Å². The maximum atomic E-state index is 14.3. The second-order valence-electron chi connectivity index (χ2n) is 7.85. The molecule has 0 N–H and O–H groups in total. The van der Waals surface area contributed by atoms with Crippen LogP contribution in [0.2, 0.25) is 0 Å². The summed E-state index contributed by atoms with van der Waals surface area (Å²) in [5.74, 6) is -3.04. The molecule has 6 heteroatoms. The Hall–Kier alpha value is -1.98. The summed E-state index contributed by atoms with van der Waals surface area (Å²) in [6.45, 7) is 4.29. The number of hydrogen-bond acceptors (Lipinski definition) is 3. The Morgan fingerprint density at radius 3 is 2.41 bits per heavy atom. The molecule has 1 aromatic rings. The minimum absolute atomic E-state index is 0.197. The van der Waals surface area contributed by atoms with Gasteiger partial charge in [0.25, 0.3) is 5.91 Å². The normalized spacial score (nSPS) is 16.3. The van der Waals surface area contributed by atoms with Crippen molar-refractivity contribution in [1.29, 1.82) is 0 Å². The van der Waals surface area contributed by atoms with E-state index >= 15 is 0 Å². The van der Waals surface area contributed by atoms with Crippen LogP contribution in [-0.2, 0) is 9.53 Å². The van der Waals surface area contributed by atoms with E-state index in [1.807, 2.05) is 0 Å². The minimum Gasteiger partial charge on any atom is -0.464 e. The number of nitrogens with zero attached hydrogens (tertiary/aromatic N) is 1.